The monoisotopic (exact) mass is 318 g/mol. The Morgan fingerprint density at radius 3 is 2.30 bits per heavy atom. The summed E-state index contributed by atoms with van der Waals surface area (Å²) in [5, 5.41) is 13.4. The minimum absolute atomic E-state index is 0.0846. The highest BCUT2D eigenvalue weighted by Gasteiger charge is 2.19. The number of fused-ring (bicyclic) bond motifs is 2. The number of carbonyl (C=O) groups is 1. The Labute approximate surface area is 137 Å². The largest absolute Gasteiger partial charge is 0.506 e. The molecular formula is C20H14O2S. The number of rotatable bonds is 2. The number of hydrogen-bond donors (Lipinski definition) is 1. The lowest BCUT2D eigenvalue weighted by atomic mass is 10.1. The first-order valence-electron chi connectivity index (χ1n) is 7.39. The van der Waals surface area contributed by atoms with E-state index in [0.29, 0.717) is 10.4 Å². The quantitative estimate of drug-likeness (QED) is 0.509. The van der Waals surface area contributed by atoms with E-state index in [1.165, 1.54) is 11.3 Å². The smallest absolute Gasteiger partial charge is 0.206 e. The summed E-state index contributed by atoms with van der Waals surface area (Å²) in [6.07, 6.45) is 0. The molecule has 0 spiro atoms. The van der Waals surface area contributed by atoms with Gasteiger partial charge in [0.1, 0.15) is 10.6 Å². The molecule has 3 heteroatoms. The molecule has 4 rings (SSSR count). The van der Waals surface area contributed by atoms with E-state index >= 15 is 0 Å². The number of carbonyl (C=O) groups excluding carboxylic acids is 1. The molecule has 4 aromatic rings. The molecule has 3 aromatic carbocycles. The summed E-state index contributed by atoms with van der Waals surface area (Å²) in [5.41, 5.74) is 1.70. The van der Waals surface area contributed by atoms with Crippen molar-refractivity contribution in [2.75, 3.05) is 0 Å². The van der Waals surface area contributed by atoms with Crippen LogP contribution in [0.25, 0.3) is 20.9 Å². The second kappa shape index (κ2) is 5.21. The number of hydrogen-bond acceptors (Lipinski definition) is 3. The first kappa shape index (κ1) is 14.0. The lowest BCUT2D eigenvalue weighted by molar-refractivity contribution is 0.104. The van der Waals surface area contributed by atoms with Crippen LogP contribution in [0, 0.1) is 6.92 Å². The fraction of sp³-hybridized carbons (Fsp3) is 0.0500. The maximum atomic E-state index is 12.7. The van der Waals surface area contributed by atoms with Gasteiger partial charge in [0.05, 0.1) is 0 Å². The van der Waals surface area contributed by atoms with Crippen LogP contribution < -0.4 is 0 Å². The predicted octanol–water partition coefficient (Wildman–Crippen LogP) is 5.30. The van der Waals surface area contributed by atoms with E-state index in [2.05, 4.69) is 0 Å². The van der Waals surface area contributed by atoms with E-state index < -0.39 is 0 Å². The summed E-state index contributed by atoms with van der Waals surface area (Å²) in [7, 11) is 0. The van der Waals surface area contributed by atoms with Crippen LogP contribution in [0.15, 0.2) is 60.7 Å². The second-order valence-corrected chi connectivity index (χ2v) is 6.72. The molecule has 0 amide bonds. The van der Waals surface area contributed by atoms with Crippen molar-refractivity contribution in [2.45, 2.75) is 6.92 Å². The SMILES string of the molecule is Cc1ccc(C(=O)c2sc3cc4ccccc4cc3c2O)cc1. The number of aryl methyl sites for hydroxylation is 1. The van der Waals surface area contributed by atoms with Crippen molar-refractivity contribution >= 4 is 38.0 Å². The van der Waals surface area contributed by atoms with Crippen LogP contribution in [-0.4, -0.2) is 10.9 Å². The van der Waals surface area contributed by atoms with Gasteiger partial charge in [0.25, 0.3) is 0 Å². The average molecular weight is 318 g/mol. The molecule has 0 bridgehead atoms. The molecule has 2 nitrogen and oxygen atoms in total. The van der Waals surface area contributed by atoms with Gasteiger partial charge in [0.15, 0.2) is 0 Å². The van der Waals surface area contributed by atoms with E-state index in [-0.39, 0.29) is 11.5 Å². The molecule has 1 aromatic heterocycles. The van der Waals surface area contributed by atoms with Gasteiger partial charge in [-0.2, -0.15) is 0 Å². The van der Waals surface area contributed by atoms with Gasteiger partial charge in [-0.25, -0.2) is 0 Å². The Balaban J connectivity index is 1.90. The van der Waals surface area contributed by atoms with E-state index in [9.17, 15) is 9.90 Å². The normalized spacial score (nSPS) is 11.2. The molecule has 0 aliphatic heterocycles. The summed E-state index contributed by atoms with van der Waals surface area (Å²) in [4.78, 5) is 13.1. The topological polar surface area (TPSA) is 37.3 Å². The van der Waals surface area contributed by atoms with Crippen molar-refractivity contribution in [2.24, 2.45) is 0 Å². The lowest BCUT2D eigenvalue weighted by Gasteiger charge is -2.00. The maximum Gasteiger partial charge on any atom is 0.206 e. The van der Waals surface area contributed by atoms with Gasteiger partial charge in [-0.3, -0.25) is 4.79 Å². The van der Waals surface area contributed by atoms with Crippen LogP contribution in [0.3, 0.4) is 0 Å². The lowest BCUT2D eigenvalue weighted by Crippen LogP contribution is -1.98. The fourth-order valence-corrected chi connectivity index (χ4v) is 3.85. The van der Waals surface area contributed by atoms with Gasteiger partial charge >= 0.3 is 0 Å². The van der Waals surface area contributed by atoms with Crippen LogP contribution in [0.1, 0.15) is 20.8 Å². The van der Waals surface area contributed by atoms with Gasteiger partial charge in [0.2, 0.25) is 5.78 Å². The zero-order valence-electron chi connectivity index (χ0n) is 12.5. The molecule has 23 heavy (non-hydrogen) atoms. The summed E-state index contributed by atoms with van der Waals surface area (Å²) >= 11 is 1.35. The third-order valence-electron chi connectivity index (χ3n) is 4.05. The van der Waals surface area contributed by atoms with Gasteiger partial charge < -0.3 is 5.11 Å². The Bertz CT molecular complexity index is 1040. The molecule has 0 saturated heterocycles. The molecule has 0 aliphatic rings. The van der Waals surface area contributed by atoms with Crippen molar-refractivity contribution in [3.8, 4) is 5.75 Å². The van der Waals surface area contributed by atoms with Crippen molar-refractivity contribution < 1.29 is 9.90 Å². The van der Waals surface area contributed by atoms with Gasteiger partial charge in [-0.15, -0.1) is 11.3 Å². The summed E-state index contributed by atoms with van der Waals surface area (Å²) in [5.74, 6) is -0.0471. The van der Waals surface area contributed by atoms with E-state index in [4.69, 9.17) is 0 Å². The standard InChI is InChI=1S/C20H14O2S/c1-12-6-8-13(9-7-12)18(21)20-19(22)16-10-14-4-2-3-5-15(14)11-17(16)23-20/h2-11,22H,1H3. The third-order valence-corrected chi connectivity index (χ3v) is 5.19. The van der Waals surface area contributed by atoms with Crippen LogP contribution in [0.5, 0.6) is 5.75 Å². The molecule has 112 valence electrons. The highest BCUT2D eigenvalue weighted by molar-refractivity contribution is 7.21. The predicted molar refractivity (Wildman–Crippen MR) is 95.6 cm³/mol. The van der Waals surface area contributed by atoms with Crippen molar-refractivity contribution in [1.29, 1.82) is 0 Å². The Kier molecular flexibility index (Phi) is 3.17. The van der Waals surface area contributed by atoms with E-state index in [0.717, 1.165) is 26.4 Å². The highest BCUT2D eigenvalue weighted by atomic mass is 32.1. The molecular weight excluding hydrogens is 304 g/mol. The average Bonchev–Trinajstić information content (AvgIpc) is 2.89. The van der Waals surface area contributed by atoms with E-state index in [1.807, 2.05) is 55.5 Å². The van der Waals surface area contributed by atoms with Gasteiger partial charge in [0, 0.05) is 15.6 Å². The Hall–Kier alpha value is -2.65. The van der Waals surface area contributed by atoms with Crippen molar-refractivity contribution in [1.82, 2.24) is 0 Å². The zero-order valence-corrected chi connectivity index (χ0v) is 13.4. The molecule has 1 N–H and O–H groups in total. The minimum atomic E-state index is -0.132. The molecule has 0 unspecified atom stereocenters. The summed E-state index contributed by atoms with van der Waals surface area (Å²) in [6.45, 7) is 1.98. The third kappa shape index (κ3) is 2.30. The molecule has 0 fully saturated rings. The van der Waals surface area contributed by atoms with E-state index in [1.54, 1.807) is 12.1 Å². The number of aromatic hydroxyl groups is 1. The van der Waals surface area contributed by atoms with Crippen LogP contribution in [0.4, 0.5) is 0 Å². The first-order valence-corrected chi connectivity index (χ1v) is 8.21. The molecule has 0 saturated carbocycles. The molecule has 0 aliphatic carbocycles. The number of thiophene rings is 1. The second-order valence-electron chi connectivity index (χ2n) is 5.67. The van der Waals surface area contributed by atoms with Crippen molar-refractivity contribution in [3.63, 3.8) is 0 Å². The number of ketones is 1. The van der Waals surface area contributed by atoms with Crippen molar-refractivity contribution in [3.05, 3.63) is 76.7 Å². The van der Waals surface area contributed by atoms with Gasteiger partial charge in [-0.05, 0) is 29.8 Å². The molecule has 0 radical (unpaired) electrons. The highest BCUT2D eigenvalue weighted by Crippen LogP contribution is 2.40. The molecule has 0 atom stereocenters. The number of benzene rings is 3. The fourth-order valence-electron chi connectivity index (χ4n) is 2.76. The maximum absolute atomic E-state index is 12.7. The summed E-state index contributed by atoms with van der Waals surface area (Å²) in [6, 6.07) is 19.4. The van der Waals surface area contributed by atoms with Crippen LogP contribution in [-0.2, 0) is 0 Å². The first-order chi connectivity index (χ1) is 11.1. The Morgan fingerprint density at radius 1 is 0.957 bits per heavy atom. The zero-order chi connectivity index (χ0) is 16.0. The minimum Gasteiger partial charge on any atom is -0.506 e. The van der Waals surface area contributed by atoms with Gasteiger partial charge in [-0.1, -0.05) is 54.1 Å². The van der Waals surface area contributed by atoms with Crippen LogP contribution >= 0.6 is 11.3 Å². The Morgan fingerprint density at radius 2 is 1.61 bits per heavy atom. The molecule has 1 heterocycles. The van der Waals surface area contributed by atoms with Crippen LogP contribution in [0.2, 0.25) is 0 Å². The summed E-state index contributed by atoms with van der Waals surface area (Å²) < 4.78 is 0.927.